The summed E-state index contributed by atoms with van der Waals surface area (Å²) in [5.74, 6) is 0.997. The van der Waals surface area contributed by atoms with Crippen molar-refractivity contribution in [2.75, 3.05) is 38.1 Å². The first-order valence-electron chi connectivity index (χ1n) is 8.41. The maximum absolute atomic E-state index is 12.2. The van der Waals surface area contributed by atoms with Gasteiger partial charge in [0, 0.05) is 43.8 Å². The molecule has 0 aliphatic carbocycles. The standard InChI is InChI=1S/C18H24N4OS/c1-3-15-4-5-16(24-15)18(23)20-13-14-6-7-19-17(12-14)22-10-8-21(2)9-11-22/h4-7,12H,3,8-11,13H2,1-2H3,(H,20,23). The fourth-order valence-electron chi connectivity index (χ4n) is 2.74. The molecule has 1 saturated heterocycles. The van der Waals surface area contributed by atoms with Crippen molar-refractivity contribution in [2.45, 2.75) is 19.9 Å². The summed E-state index contributed by atoms with van der Waals surface area (Å²) in [4.78, 5) is 23.4. The fraction of sp³-hybridized carbons (Fsp3) is 0.444. The molecule has 0 radical (unpaired) electrons. The zero-order valence-electron chi connectivity index (χ0n) is 14.3. The van der Waals surface area contributed by atoms with E-state index in [4.69, 9.17) is 0 Å². The van der Waals surface area contributed by atoms with Crippen molar-refractivity contribution in [2.24, 2.45) is 0 Å². The smallest absolute Gasteiger partial charge is 0.261 e. The van der Waals surface area contributed by atoms with Gasteiger partial charge in [-0.15, -0.1) is 11.3 Å². The number of aromatic nitrogens is 1. The summed E-state index contributed by atoms with van der Waals surface area (Å²) in [5.41, 5.74) is 1.08. The summed E-state index contributed by atoms with van der Waals surface area (Å²) in [6.07, 6.45) is 2.80. The average Bonchev–Trinajstić information content (AvgIpc) is 3.10. The highest BCUT2D eigenvalue weighted by molar-refractivity contribution is 7.14. The number of thiophene rings is 1. The molecule has 1 aliphatic heterocycles. The summed E-state index contributed by atoms with van der Waals surface area (Å²) in [6.45, 7) is 6.73. The number of nitrogens with zero attached hydrogens (tertiary/aromatic N) is 3. The molecule has 1 amide bonds. The van der Waals surface area contributed by atoms with Gasteiger partial charge in [-0.3, -0.25) is 4.79 Å². The lowest BCUT2D eigenvalue weighted by molar-refractivity contribution is 0.0955. The molecule has 0 bridgehead atoms. The monoisotopic (exact) mass is 344 g/mol. The Bertz CT molecular complexity index is 692. The van der Waals surface area contributed by atoms with Crippen LogP contribution in [0.3, 0.4) is 0 Å². The molecule has 0 spiro atoms. The molecule has 0 atom stereocenters. The van der Waals surface area contributed by atoms with Crippen molar-refractivity contribution in [1.82, 2.24) is 15.2 Å². The zero-order chi connectivity index (χ0) is 16.9. The molecule has 3 heterocycles. The van der Waals surface area contributed by atoms with Gasteiger partial charge in [-0.2, -0.15) is 0 Å². The van der Waals surface area contributed by atoms with Gasteiger partial charge in [-0.1, -0.05) is 6.92 Å². The van der Waals surface area contributed by atoms with E-state index in [1.54, 1.807) is 11.3 Å². The van der Waals surface area contributed by atoms with Crippen molar-refractivity contribution < 1.29 is 4.79 Å². The highest BCUT2D eigenvalue weighted by atomic mass is 32.1. The maximum Gasteiger partial charge on any atom is 0.261 e. The molecule has 2 aromatic rings. The lowest BCUT2D eigenvalue weighted by atomic mass is 10.2. The van der Waals surface area contributed by atoms with E-state index in [-0.39, 0.29) is 5.91 Å². The number of rotatable bonds is 5. The molecule has 1 fully saturated rings. The Morgan fingerprint density at radius 2 is 2.04 bits per heavy atom. The molecular weight excluding hydrogens is 320 g/mol. The van der Waals surface area contributed by atoms with Gasteiger partial charge in [-0.25, -0.2) is 4.98 Å². The van der Waals surface area contributed by atoms with Crippen LogP contribution in [0.4, 0.5) is 5.82 Å². The number of anilines is 1. The van der Waals surface area contributed by atoms with Crippen LogP contribution in [0, 0.1) is 0 Å². The topological polar surface area (TPSA) is 48.5 Å². The van der Waals surface area contributed by atoms with Gasteiger partial charge in [0.25, 0.3) is 5.91 Å². The van der Waals surface area contributed by atoms with E-state index in [9.17, 15) is 4.79 Å². The summed E-state index contributed by atoms with van der Waals surface area (Å²) in [7, 11) is 2.14. The Balaban J connectivity index is 1.59. The SMILES string of the molecule is CCc1ccc(C(=O)NCc2ccnc(N3CCN(C)CC3)c2)s1. The molecule has 128 valence electrons. The van der Waals surface area contributed by atoms with E-state index >= 15 is 0 Å². The third-order valence-electron chi connectivity index (χ3n) is 4.32. The summed E-state index contributed by atoms with van der Waals surface area (Å²) < 4.78 is 0. The van der Waals surface area contributed by atoms with Crippen LogP contribution in [0.2, 0.25) is 0 Å². The zero-order valence-corrected chi connectivity index (χ0v) is 15.1. The molecule has 0 aromatic carbocycles. The second-order valence-corrected chi connectivity index (χ2v) is 7.28. The van der Waals surface area contributed by atoms with Crippen LogP contribution in [0.5, 0.6) is 0 Å². The molecule has 6 heteroatoms. The van der Waals surface area contributed by atoms with Crippen LogP contribution in [-0.2, 0) is 13.0 Å². The number of aryl methyl sites for hydroxylation is 1. The molecule has 0 saturated carbocycles. The van der Waals surface area contributed by atoms with Crippen LogP contribution >= 0.6 is 11.3 Å². The number of hydrogen-bond donors (Lipinski definition) is 1. The summed E-state index contributed by atoms with van der Waals surface area (Å²) in [5, 5.41) is 3.01. The molecule has 5 nitrogen and oxygen atoms in total. The van der Waals surface area contributed by atoms with Crippen molar-refractivity contribution in [3.05, 3.63) is 45.8 Å². The molecule has 24 heavy (non-hydrogen) atoms. The van der Waals surface area contributed by atoms with Crippen molar-refractivity contribution in [3.63, 3.8) is 0 Å². The van der Waals surface area contributed by atoms with E-state index in [1.165, 1.54) is 4.88 Å². The van der Waals surface area contributed by atoms with Gasteiger partial charge < -0.3 is 15.1 Å². The Labute approximate surface area is 147 Å². The van der Waals surface area contributed by atoms with E-state index in [0.29, 0.717) is 6.54 Å². The van der Waals surface area contributed by atoms with Crippen LogP contribution in [0.15, 0.2) is 30.5 Å². The van der Waals surface area contributed by atoms with Gasteiger partial charge in [0.15, 0.2) is 0 Å². The first kappa shape index (κ1) is 16.9. The Morgan fingerprint density at radius 1 is 1.25 bits per heavy atom. The Kier molecular flexibility index (Phi) is 5.48. The lowest BCUT2D eigenvalue weighted by Gasteiger charge is -2.33. The van der Waals surface area contributed by atoms with Crippen molar-refractivity contribution >= 4 is 23.1 Å². The molecule has 3 rings (SSSR count). The Hall–Kier alpha value is -1.92. The first-order chi connectivity index (χ1) is 11.7. The quantitative estimate of drug-likeness (QED) is 0.905. The highest BCUT2D eigenvalue weighted by Gasteiger charge is 2.15. The van der Waals surface area contributed by atoms with E-state index < -0.39 is 0 Å². The molecule has 1 aliphatic rings. The lowest BCUT2D eigenvalue weighted by Crippen LogP contribution is -2.44. The minimum Gasteiger partial charge on any atom is -0.354 e. The van der Waals surface area contributed by atoms with Crippen LogP contribution < -0.4 is 10.2 Å². The predicted molar refractivity (Wildman–Crippen MR) is 98.8 cm³/mol. The molecule has 1 N–H and O–H groups in total. The number of piperazine rings is 1. The average molecular weight is 344 g/mol. The van der Waals surface area contributed by atoms with Gasteiger partial charge >= 0.3 is 0 Å². The summed E-state index contributed by atoms with van der Waals surface area (Å²) >= 11 is 1.56. The van der Waals surface area contributed by atoms with Crippen LogP contribution in [0.25, 0.3) is 0 Å². The number of likely N-dealkylation sites (N-methyl/N-ethyl adjacent to an activating group) is 1. The number of carbonyl (C=O) groups is 1. The van der Waals surface area contributed by atoms with Gasteiger partial charge in [-0.05, 0) is 43.3 Å². The summed E-state index contributed by atoms with van der Waals surface area (Å²) in [6, 6.07) is 7.97. The van der Waals surface area contributed by atoms with E-state index in [1.807, 2.05) is 24.4 Å². The number of carbonyl (C=O) groups excluding carboxylic acids is 1. The largest absolute Gasteiger partial charge is 0.354 e. The van der Waals surface area contributed by atoms with Crippen LogP contribution in [0.1, 0.15) is 27.0 Å². The normalized spacial score (nSPS) is 15.5. The number of hydrogen-bond acceptors (Lipinski definition) is 5. The second kappa shape index (κ2) is 7.77. The minimum atomic E-state index is -0.00217. The van der Waals surface area contributed by atoms with Crippen molar-refractivity contribution in [3.8, 4) is 0 Å². The first-order valence-corrected chi connectivity index (χ1v) is 9.22. The fourth-order valence-corrected chi connectivity index (χ4v) is 3.60. The van der Waals surface area contributed by atoms with Gasteiger partial charge in [0.1, 0.15) is 5.82 Å². The van der Waals surface area contributed by atoms with E-state index in [0.717, 1.165) is 48.9 Å². The van der Waals surface area contributed by atoms with Crippen molar-refractivity contribution in [1.29, 1.82) is 0 Å². The number of nitrogens with one attached hydrogen (secondary N) is 1. The Morgan fingerprint density at radius 3 is 2.75 bits per heavy atom. The van der Waals surface area contributed by atoms with Crippen LogP contribution in [-0.4, -0.2) is 49.0 Å². The highest BCUT2D eigenvalue weighted by Crippen LogP contribution is 2.18. The second-order valence-electron chi connectivity index (χ2n) is 6.11. The molecule has 0 unspecified atom stereocenters. The number of amides is 1. The van der Waals surface area contributed by atoms with Gasteiger partial charge in [0.2, 0.25) is 0 Å². The minimum absolute atomic E-state index is 0.00217. The maximum atomic E-state index is 12.2. The van der Waals surface area contributed by atoms with E-state index in [2.05, 4.69) is 40.1 Å². The third-order valence-corrected chi connectivity index (χ3v) is 5.55. The number of pyridine rings is 1. The molecular formula is C18H24N4OS. The predicted octanol–water partition coefficient (Wildman–Crippen LogP) is 2.39. The third kappa shape index (κ3) is 4.13. The molecule has 2 aromatic heterocycles. The van der Waals surface area contributed by atoms with Gasteiger partial charge in [0.05, 0.1) is 4.88 Å².